The molecule has 4 heteroatoms. The number of carbonyl (C=O) groups excluding carboxylic acids is 1. The molecule has 108 valence electrons. The highest BCUT2D eigenvalue weighted by atomic mass is 35.5. The van der Waals surface area contributed by atoms with Gasteiger partial charge < -0.3 is 10.1 Å². The molecule has 0 aliphatic carbocycles. The Hall–Kier alpha value is -2.00. The van der Waals surface area contributed by atoms with Gasteiger partial charge in [0.15, 0.2) is 0 Å². The summed E-state index contributed by atoms with van der Waals surface area (Å²) in [4.78, 5) is 11.9. The summed E-state index contributed by atoms with van der Waals surface area (Å²) in [5, 5.41) is 3.68. The van der Waals surface area contributed by atoms with Gasteiger partial charge in [0.2, 0.25) is 5.91 Å². The second kappa shape index (κ2) is 5.78. The van der Waals surface area contributed by atoms with Gasteiger partial charge in [-0.3, -0.25) is 4.79 Å². The Morgan fingerprint density at radius 3 is 2.62 bits per heavy atom. The SMILES string of the molecule is COc1cccc(Cl)c1C1CC(=O)NC1c1ccccc1. The van der Waals surface area contributed by atoms with Crippen LogP contribution in [0.1, 0.15) is 29.5 Å². The molecule has 2 aromatic carbocycles. The summed E-state index contributed by atoms with van der Waals surface area (Å²) in [6.45, 7) is 0. The zero-order valence-corrected chi connectivity index (χ0v) is 12.4. The summed E-state index contributed by atoms with van der Waals surface area (Å²) in [5.74, 6) is 0.740. The molecule has 21 heavy (non-hydrogen) atoms. The lowest BCUT2D eigenvalue weighted by atomic mass is 9.87. The topological polar surface area (TPSA) is 38.3 Å². The van der Waals surface area contributed by atoms with Gasteiger partial charge in [-0.2, -0.15) is 0 Å². The molecule has 0 bridgehead atoms. The highest BCUT2D eigenvalue weighted by molar-refractivity contribution is 6.31. The maximum atomic E-state index is 11.9. The smallest absolute Gasteiger partial charge is 0.221 e. The van der Waals surface area contributed by atoms with E-state index in [-0.39, 0.29) is 17.9 Å². The van der Waals surface area contributed by atoms with Crippen LogP contribution in [0.3, 0.4) is 0 Å². The van der Waals surface area contributed by atoms with E-state index in [1.54, 1.807) is 7.11 Å². The van der Waals surface area contributed by atoms with Crippen LogP contribution in [0.25, 0.3) is 0 Å². The molecule has 2 aromatic rings. The molecule has 1 fully saturated rings. The van der Waals surface area contributed by atoms with E-state index in [2.05, 4.69) is 5.32 Å². The van der Waals surface area contributed by atoms with Crippen molar-refractivity contribution < 1.29 is 9.53 Å². The van der Waals surface area contributed by atoms with Crippen LogP contribution in [-0.4, -0.2) is 13.0 Å². The Morgan fingerprint density at radius 1 is 1.14 bits per heavy atom. The number of ether oxygens (including phenoxy) is 1. The van der Waals surface area contributed by atoms with Crippen molar-refractivity contribution in [3.63, 3.8) is 0 Å². The molecule has 3 nitrogen and oxygen atoms in total. The average Bonchev–Trinajstić information content (AvgIpc) is 2.89. The quantitative estimate of drug-likeness (QED) is 0.939. The second-order valence-corrected chi connectivity index (χ2v) is 5.53. The normalized spacial score (nSPS) is 21.1. The minimum absolute atomic E-state index is 0.0245. The first-order valence-corrected chi connectivity index (χ1v) is 7.25. The zero-order valence-electron chi connectivity index (χ0n) is 11.7. The predicted molar refractivity (Wildman–Crippen MR) is 82.7 cm³/mol. The lowest BCUT2D eigenvalue weighted by Crippen LogP contribution is -2.20. The highest BCUT2D eigenvalue weighted by Crippen LogP contribution is 2.44. The number of amides is 1. The first-order valence-electron chi connectivity index (χ1n) is 6.87. The summed E-state index contributed by atoms with van der Waals surface area (Å²) >= 11 is 6.37. The van der Waals surface area contributed by atoms with Gasteiger partial charge >= 0.3 is 0 Å². The standard InChI is InChI=1S/C17H16ClNO2/c1-21-14-9-5-8-13(18)16(14)12-10-15(20)19-17(12)11-6-3-2-4-7-11/h2-9,12,17H,10H2,1H3,(H,19,20). The van der Waals surface area contributed by atoms with Gasteiger partial charge in [0.1, 0.15) is 5.75 Å². The zero-order chi connectivity index (χ0) is 14.8. The lowest BCUT2D eigenvalue weighted by Gasteiger charge is -2.22. The molecule has 1 heterocycles. The van der Waals surface area contributed by atoms with Crippen molar-refractivity contribution in [3.8, 4) is 5.75 Å². The van der Waals surface area contributed by atoms with E-state index in [0.29, 0.717) is 11.4 Å². The number of halogens is 1. The molecular weight excluding hydrogens is 286 g/mol. The fourth-order valence-electron chi connectivity index (χ4n) is 2.95. The Kier molecular flexibility index (Phi) is 3.84. The molecule has 0 saturated carbocycles. The third-order valence-corrected chi connectivity index (χ3v) is 4.22. The number of nitrogens with one attached hydrogen (secondary N) is 1. The monoisotopic (exact) mass is 301 g/mol. The molecule has 3 rings (SSSR count). The first kappa shape index (κ1) is 14.0. The summed E-state index contributed by atoms with van der Waals surface area (Å²) in [6, 6.07) is 15.4. The molecule has 2 unspecified atom stereocenters. The van der Waals surface area contributed by atoms with E-state index in [4.69, 9.17) is 16.3 Å². The molecule has 0 aromatic heterocycles. The second-order valence-electron chi connectivity index (χ2n) is 5.12. The largest absolute Gasteiger partial charge is 0.496 e. The van der Waals surface area contributed by atoms with Crippen LogP contribution in [0.15, 0.2) is 48.5 Å². The van der Waals surface area contributed by atoms with Crippen molar-refractivity contribution in [2.24, 2.45) is 0 Å². The predicted octanol–water partition coefficient (Wildman–Crippen LogP) is 3.69. The van der Waals surface area contributed by atoms with E-state index in [0.717, 1.165) is 16.9 Å². The summed E-state index contributed by atoms with van der Waals surface area (Å²) in [6.07, 6.45) is 0.416. The minimum Gasteiger partial charge on any atom is -0.496 e. The van der Waals surface area contributed by atoms with Crippen LogP contribution in [0.4, 0.5) is 0 Å². The van der Waals surface area contributed by atoms with E-state index in [1.165, 1.54) is 0 Å². The van der Waals surface area contributed by atoms with Crippen molar-refractivity contribution in [1.82, 2.24) is 5.32 Å². The van der Waals surface area contributed by atoms with Crippen molar-refractivity contribution in [3.05, 3.63) is 64.7 Å². The van der Waals surface area contributed by atoms with Crippen LogP contribution in [0, 0.1) is 0 Å². The number of rotatable bonds is 3. The van der Waals surface area contributed by atoms with Crippen LogP contribution in [-0.2, 0) is 4.79 Å². The third kappa shape index (κ3) is 2.61. The highest BCUT2D eigenvalue weighted by Gasteiger charge is 2.37. The number of hydrogen-bond acceptors (Lipinski definition) is 2. The molecule has 1 aliphatic rings. The fourth-order valence-corrected chi connectivity index (χ4v) is 3.26. The first-order chi connectivity index (χ1) is 10.2. The van der Waals surface area contributed by atoms with Crippen molar-refractivity contribution in [1.29, 1.82) is 0 Å². The summed E-state index contributed by atoms with van der Waals surface area (Å²) in [7, 11) is 1.62. The van der Waals surface area contributed by atoms with Gasteiger partial charge in [-0.05, 0) is 17.7 Å². The van der Waals surface area contributed by atoms with Crippen LogP contribution in [0.2, 0.25) is 5.02 Å². The van der Waals surface area contributed by atoms with Gasteiger partial charge in [0.05, 0.1) is 13.2 Å². The lowest BCUT2D eigenvalue weighted by molar-refractivity contribution is -0.119. The molecule has 2 atom stereocenters. The number of hydrogen-bond donors (Lipinski definition) is 1. The average molecular weight is 302 g/mol. The van der Waals surface area contributed by atoms with Crippen LogP contribution >= 0.6 is 11.6 Å². The number of benzene rings is 2. The Bertz CT molecular complexity index is 657. The number of carbonyl (C=O) groups is 1. The van der Waals surface area contributed by atoms with E-state index < -0.39 is 0 Å². The number of methoxy groups -OCH3 is 1. The van der Waals surface area contributed by atoms with E-state index in [9.17, 15) is 4.79 Å². The summed E-state index contributed by atoms with van der Waals surface area (Å²) < 4.78 is 5.43. The van der Waals surface area contributed by atoms with Gasteiger partial charge in [0.25, 0.3) is 0 Å². The molecule has 1 saturated heterocycles. The molecule has 0 spiro atoms. The fraction of sp³-hybridized carbons (Fsp3) is 0.235. The minimum atomic E-state index is -0.0764. The molecule has 1 N–H and O–H groups in total. The van der Waals surface area contributed by atoms with Crippen LogP contribution < -0.4 is 10.1 Å². The van der Waals surface area contributed by atoms with Gasteiger partial charge in [0, 0.05) is 22.9 Å². The summed E-state index contributed by atoms with van der Waals surface area (Å²) in [5.41, 5.74) is 1.98. The molecule has 1 aliphatic heterocycles. The van der Waals surface area contributed by atoms with E-state index >= 15 is 0 Å². The third-order valence-electron chi connectivity index (χ3n) is 3.89. The van der Waals surface area contributed by atoms with Gasteiger partial charge in [-0.1, -0.05) is 48.0 Å². The molecule has 0 radical (unpaired) electrons. The Balaban J connectivity index is 2.06. The van der Waals surface area contributed by atoms with Crippen LogP contribution in [0.5, 0.6) is 5.75 Å². The van der Waals surface area contributed by atoms with Crippen molar-refractivity contribution in [2.75, 3.05) is 7.11 Å². The van der Waals surface area contributed by atoms with Gasteiger partial charge in [-0.25, -0.2) is 0 Å². The van der Waals surface area contributed by atoms with Crippen molar-refractivity contribution in [2.45, 2.75) is 18.4 Å². The van der Waals surface area contributed by atoms with Gasteiger partial charge in [-0.15, -0.1) is 0 Å². The maximum Gasteiger partial charge on any atom is 0.221 e. The molecular formula is C17H16ClNO2. The Labute approximate surface area is 128 Å². The maximum absolute atomic E-state index is 11.9. The Morgan fingerprint density at radius 2 is 1.90 bits per heavy atom. The van der Waals surface area contributed by atoms with Crippen molar-refractivity contribution >= 4 is 17.5 Å². The van der Waals surface area contributed by atoms with E-state index in [1.807, 2.05) is 48.5 Å². The molecule has 1 amide bonds.